The van der Waals surface area contributed by atoms with Crippen LogP contribution < -0.4 is 9.47 Å². The van der Waals surface area contributed by atoms with Gasteiger partial charge in [-0.3, -0.25) is 9.59 Å². The van der Waals surface area contributed by atoms with E-state index in [1.165, 1.54) is 17.7 Å². The van der Waals surface area contributed by atoms with Gasteiger partial charge in [-0.05, 0) is 43.4 Å². The lowest BCUT2D eigenvalue weighted by molar-refractivity contribution is -0.141. The Balaban J connectivity index is 1.86. The van der Waals surface area contributed by atoms with E-state index in [1.807, 2.05) is 18.2 Å². The molecule has 0 unspecified atom stereocenters. The molecule has 2 atom stereocenters. The van der Waals surface area contributed by atoms with Crippen molar-refractivity contribution in [3.8, 4) is 11.5 Å². The van der Waals surface area contributed by atoms with Crippen molar-refractivity contribution in [2.24, 2.45) is 5.92 Å². The highest BCUT2D eigenvalue weighted by molar-refractivity contribution is 5.73. The molecule has 0 radical (unpaired) electrons. The lowest BCUT2D eigenvalue weighted by Gasteiger charge is -2.20. The molecule has 0 bridgehead atoms. The number of aliphatic carboxylic acids is 1. The first-order valence-corrected chi connectivity index (χ1v) is 8.39. The predicted octanol–water partition coefficient (Wildman–Crippen LogP) is 2.27. The third-order valence-electron chi connectivity index (χ3n) is 5.03. The summed E-state index contributed by atoms with van der Waals surface area (Å²) in [5.74, 6) is -0.385. The number of benzene rings is 1. The number of rotatable bonds is 6. The number of ether oxygens (including phenoxy) is 2. The summed E-state index contributed by atoms with van der Waals surface area (Å²) in [5.41, 5.74) is 0.876. The van der Waals surface area contributed by atoms with E-state index < -0.39 is 11.9 Å². The molecule has 0 spiro atoms. The molecule has 1 heterocycles. The number of carbonyl (C=O) groups is 2. The Morgan fingerprint density at radius 3 is 2.62 bits per heavy atom. The molecule has 0 aromatic heterocycles. The molecule has 130 valence electrons. The van der Waals surface area contributed by atoms with Gasteiger partial charge in [-0.15, -0.1) is 0 Å². The van der Waals surface area contributed by atoms with E-state index in [1.54, 1.807) is 7.11 Å². The molecule has 1 aliphatic carbocycles. The Morgan fingerprint density at radius 1 is 1.25 bits per heavy atom. The zero-order chi connectivity index (χ0) is 17.1. The number of amides is 1. The topological polar surface area (TPSA) is 76.1 Å². The maximum Gasteiger partial charge on any atom is 0.308 e. The van der Waals surface area contributed by atoms with Crippen molar-refractivity contribution in [3.63, 3.8) is 0 Å². The number of methoxy groups -OCH3 is 1. The minimum absolute atomic E-state index is 0.194. The Morgan fingerprint density at radius 2 is 2.00 bits per heavy atom. The van der Waals surface area contributed by atoms with Gasteiger partial charge < -0.3 is 19.5 Å². The Labute approximate surface area is 141 Å². The summed E-state index contributed by atoms with van der Waals surface area (Å²) < 4.78 is 11.5. The van der Waals surface area contributed by atoms with Crippen LogP contribution in [-0.4, -0.2) is 48.7 Å². The molecule has 6 heteroatoms. The Bertz CT molecular complexity index is 611. The molecule has 1 amide bonds. The van der Waals surface area contributed by atoms with Crippen LogP contribution in [0.1, 0.15) is 37.2 Å². The van der Waals surface area contributed by atoms with Gasteiger partial charge in [0.15, 0.2) is 11.5 Å². The van der Waals surface area contributed by atoms with E-state index >= 15 is 0 Å². The van der Waals surface area contributed by atoms with Gasteiger partial charge in [-0.25, -0.2) is 0 Å². The first-order valence-electron chi connectivity index (χ1n) is 8.39. The minimum Gasteiger partial charge on any atom is -0.493 e. The van der Waals surface area contributed by atoms with Crippen molar-refractivity contribution in [2.45, 2.75) is 37.7 Å². The second kappa shape index (κ2) is 7.11. The molecule has 1 aromatic carbocycles. The summed E-state index contributed by atoms with van der Waals surface area (Å²) in [4.78, 5) is 24.1. The van der Waals surface area contributed by atoms with Crippen molar-refractivity contribution in [3.05, 3.63) is 23.8 Å². The fraction of sp³-hybridized carbons (Fsp3) is 0.556. The number of hydrogen-bond acceptors (Lipinski definition) is 4. The Hall–Kier alpha value is -2.24. The Kier molecular flexibility index (Phi) is 4.92. The molecule has 24 heavy (non-hydrogen) atoms. The minimum atomic E-state index is -0.876. The van der Waals surface area contributed by atoms with Gasteiger partial charge >= 0.3 is 5.97 Å². The maximum absolute atomic E-state index is 11.5. The lowest BCUT2D eigenvalue weighted by Crippen LogP contribution is -2.22. The summed E-state index contributed by atoms with van der Waals surface area (Å²) in [6, 6.07) is 5.57. The third kappa shape index (κ3) is 3.32. The van der Waals surface area contributed by atoms with Crippen LogP contribution in [0.15, 0.2) is 18.2 Å². The highest BCUT2D eigenvalue weighted by atomic mass is 16.5. The van der Waals surface area contributed by atoms with Gasteiger partial charge in [0.2, 0.25) is 6.41 Å². The van der Waals surface area contributed by atoms with Crippen LogP contribution in [0.3, 0.4) is 0 Å². The van der Waals surface area contributed by atoms with Crippen molar-refractivity contribution in [1.29, 1.82) is 0 Å². The fourth-order valence-electron chi connectivity index (χ4n) is 3.71. The van der Waals surface area contributed by atoms with Crippen LogP contribution in [0.25, 0.3) is 0 Å². The summed E-state index contributed by atoms with van der Waals surface area (Å²) in [6.07, 6.45) is 5.32. The van der Waals surface area contributed by atoms with Crippen molar-refractivity contribution in [1.82, 2.24) is 4.90 Å². The van der Waals surface area contributed by atoms with E-state index in [4.69, 9.17) is 9.47 Å². The zero-order valence-electron chi connectivity index (χ0n) is 13.8. The van der Waals surface area contributed by atoms with Gasteiger partial charge in [-0.2, -0.15) is 0 Å². The first-order chi connectivity index (χ1) is 11.6. The summed E-state index contributed by atoms with van der Waals surface area (Å²) in [6.45, 7) is 0.657. The van der Waals surface area contributed by atoms with E-state index in [0.717, 1.165) is 24.8 Å². The van der Waals surface area contributed by atoms with Crippen molar-refractivity contribution >= 4 is 12.4 Å². The number of hydrogen-bond donors (Lipinski definition) is 1. The molecule has 1 N–H and O–H groups in total. The van der Waals surface area contributed by atoms with Crippen LogP contribution in [0.4, 0.5) is 0 Å². The molecule has 3 rings (SSSR count). The van der Waals surface area contributed by atoms with Gasteiger partial charge in [0.25, 0.3) is 0 Å². The van der Waals surface area contributed by atoms with Crippen molar-refractivity contribution in [2.75, 3.05) is 20.2 Å². The zero-order valence-corrected chi connectivity index (χ0v) is 13.8. The molecule has 1 saturated carbocycles. The van der Waals surface area contributed by atoms with Gasteiger partial charge in [-0.1, -0.05) is 6.07 Å². The normalized spacial score (nSPS) is 24.1. The second-order valence-electron chi connectivity index (χ2n) is 6.55. The monoisotopic (exact) mass is 333 g/mol. The standard InChI is InChI=1S/C18H23NO5/c1-23-16-7-6-12(8-17(16)24-13-4-2-3-5-13)14-9-19(11-20)10-15(14)18(21)22/h6-8,11,13-15H,2-5,9-10H2,1H3,(H,21,22)/t14-,15+/m1/s1. The number of likely N-dealkylation sites (tertiary alicyclic amines) is 1. The SMILES string of the molecule is COc1ccc([C@H]2CN(C=O)C[C@@H]2C(=O)O)cc1OC1CCCC1. The molecular formula is C18H23NO5. The smallest absolute Gasteiger partial charge is 0.308 e. The van der Waals surface area contributed by atoms with Gasteiger partial charge in [0.05, 0.1) is 19.1 Å². The fourth-order valence-corrected chi connectivity index (χ4v) is 3.71. The quantitative estimate of drug-likeness (QED) is 0.808. The van der Waals surface area contributed by atoms with E-state index in [-0.39, 0.29) is 18.6 Å². The number of carbonyl (C=O) groups excluding carboxylic acids is 1. The largest absolute Gasteiger partial charge is 0.493 e. The van der Waals surface area contributed by atoms with E-state index in [0.29, 0.717) is 18.0 Å². The van der Waals surface area contributed by atoms with Crippen LogP contribution in [-0.2, 0) is 9.59 Å². The molecule has 2 aliphatic rings. The van der Waals surface area contributed by atoms with Crippen molar-refractivity contribution < 1.29 is 24.2 Å². The highest BCUT2D eigenvalue weighted by Gasteiger charge is 2.38. The molecule has 6 nitrogen and oxygen atoms in total. The number of carboxylic acids is 1. The molecule has 1 saturated heterocycles. The summed E-state index contributed by atoms with van der Waals surface area (Å²) in [5, 5.41) is 9.46. The highest BCUT2D eigenvalue weighted by Crippen LogP contribution is 2.38. The van der Waals surface area contributed by atoms with Gasteiger partial charge in [0.1, 0.15) is 0 Å². The summed E-state index contributed by atoms with van der Waals surface area (Å²) >= 11 is 0. The maximum atomic E-state index is 11.5. The number of nitrogens with zero attached hydrogens (tertiary/aromatic N) is 1. The van der Waals surface area contributed by atoms with Crippen LogP contribution in [0.5, 0.6) is 11.5 Å². The second-order valence-corrected chi connectivity index (χ2v) is 6.55. The molecule has 1 aromatic rings. The summed E-state index contributed by atoms with van der Waals surface area (Å²) in [7, 11) is 1.60. The van der Waals surface area contributed by atoms with Crippen LogP contribution in [0, 0.1) is 5.92 Å². The average molecular weight is 333 g/mol. The van der Waals surface area contributed by atoms with E-state index in [9.17, 15) is 14.7 Å². The lowest BCUT2D eigenvalue weighted by atomic mass is 9.89. The van der Waals surface area contributed by atoms with Crippen LogP contribution >= 0.6 is 0 Å². The molecule has 2 fully saturated rings. The van der Waals surface area contributed by atoms with E-state index in [2.05, 4.69) is 0 Å². The molecular weight excluding hydrogens is 310 g/mol. The number of carboxylic acid groups (broad SMARTS) is 1. The molecule has 1 aliphatic heterocycles. The third-order valence-corrected chi connectivity index (χ3v) is 5.03. The average Bonchev–Trinajstić information content (AvgIpc) is 3.24. The predicted molar refractivity (Wildman–Crippen MR) is 87.4 cm³/mol. The first kappa shape index (κ1) is 16.6. The van der Waals surface area contributed by atoms with Crippen LogP contribution in [0.2, 0.25) is 0 Å². The van der Waals surface area contributed by atoms with Gasteiger partial charge in [0, 0.05) is 19.0 Å².